The van der Waals surface area contributed by atoms with Gasteiger partial charge in [0, 0.05) is 22.7 Å². The van der Waals surface area contributed by atoms with Gasteiger partial charge >= 0.3 is 0 Å². The fourth-order valence-corrected chi connectivity index (χ4v) is 2.86. The van der Waals surface area contributed by atoms with Crippen molar-refractivity contribution in [2.24, 2.45) is 4.99 Å². The summed E-state index contributed by atoms with van der Waals surface area (Å²) < 4.78 is 0. The van der Waals surface area contributed by atoms with Crippen molar-refractivity contribution in [2.45, 2.75) is 12.8 Å². The summed E-state index contributed by atoms with van der Waals surface area (Å²) in [5, 5.41) is 0.981. The molecule has 24 heavy (non-hydrogen) atoms. The molecule has 0 atom stereocenters. The third-order valence-corrected chi connectivity index (χ3v) is 4.32. The Hall–Kier alpha value is -2.26. The highest BCUT2D eigenvalue weighted by Crippen LogP contribution is 2.21. The van der Waals surface area contributed by atoms with E-state index in [1.807, 2.05) is 48.7 Å². The Balaban J connectivity index is 2.08. The number of alkyl halides is 1. The van der Waals surface area contributed by atoms with Gasteiger partial charge in [-0.25, -0.2) is 9.98 Å². The van der Waals surface area contributed by atoms with Crippen LogP contribution in [-0.4, -0.2) is 16.0 Å². The second-order valence-electron chi connectivity index (χ2n) is 5.47. The fraction of sp³-hybridized carbons (Fsp3) is 0.143. The van der Waals surface area contributed by atoms with Crippen molar-refractivity contribution in [3.05, 3.63) is 95.7 Å². The summed E-state index contributed by atoms with van der Waals surface area (Å²) in [6.07, 6.45) is 3.85. The number of halogens is 1. The number of aryl methyl sites for hydroxylation is 1. The minimum Gasteiger partial charge on any atom is -0.237 e. The van der Waals surface area contributed by atoms with Crippen LogP contribution in [0.1, 0.15) is 23.1 Å². The molecular weight excluding hydrogens is 360 g/mol. The van der Waals surface area contributed by atoms with Gasteiger partial charge in [-0.15, -0.1) is 0 Å². The van der Waals surface area contributed by atoms with E-state index in [-0.39, 0.29) is 0 Å². The van der Waals surface area contributed by atoms with Crippen LogP contribution in [0.3, 0.4) is 0 Å². The van der Waals surface area contributed by atoms with Crippen LogP contribution in [0.2, 0.25) is 0 Å². The molecule has 2 nitrogen and oxygen atoms in total. The third kappa shape index (κ3) is 4.18. The molecule has 0 aliphatic heterocycles. The average molecular weight is 379 g/mol. The van der Waals surface area contributed by atoms with Gasteiger partial charge in [0.25, 0.3) is 0 Å². The summed E-state index contributed by atoms with van der Waals surface area (Å²) in [5.41, 5.74) is 4.33. The topological polar surface area (TPSA) is 25.2 Å². The van der Waals surface area contributed by atoms with Crippen molar-refractivity contribution >= 4 is 27.5 Å². The zero-order valence-corrected chi connectivity index (χ0v) is 15.0. The largest absolute Gasteiger partial charge is 0.237 e. The predicted molar refractivity (Wildman–Crippen MR) is 105 cm³/mol. The molecule has 0 unspecified atom stereocenters. The summed E-state index contributed by atoms with van der Waals surface area (Å²) in [4.78, 5) is 9.46. The molecule has 3 aromatic rings. The second kappa shape index (κ2) is 8.55. The van der Waals surface area contributed by atoms with Gasteiger partial charge < -0.3 is 0 Å². The predicted octanol–water partition coefficient (Wildman–Crippen LogP) is 5.58. The summed E-state index contributed by atoms with van der Waals surface area (Å²) >= 11 is 3.50. The van der Waals surface area contributed by atoms with Gasteiger partial charge in [-0.3, -0.25) is 0 Å². The lowest BCUT2D eigenvalue weighted by Crippen LogP contribution is -2.03. The van der Waals surface area contributed by atoms with Crippen LogP contribution in [0, 0.1) is 0 Å². The zero-order chi connectivity index (χ0) is 16.6. The van der Waals surface area contributed by atoms with Crippen molar-refractivity contribution in [1.82, 2.24) is 4.98 Å². The Morgan fingerprint density at radius 1 is 0.833 bits per heavy atom. The van der Waals surface area contributed by atoms with E-state index in [1.165, 1.54) is 5.56 Å². The first-order chi connectivity index (χ1) is 11.9. The van der Waals surface area contributed by atoms with Crippen molar-refractivity contribution in [3.8, 4) is 0 Å². The van der Waals surface area contributed by atoms with E-state index >= 15 is 0 Å². The Labute approximate surface area is 151 Å². The van der Waals surface area contributed by atoms with Crippen molar-refractivity contribution in [1.29, 1.82) is 0 Å². The van der Waals surface area contributed by atoms with Gasteiger partial charge in [-0.1, -0.05) is 82.7 Å². The molecule has 0 saturated carbocycles. The highest BCUT2D eigenvalue weighted by Gasteiger charge is 2.09. The Morgan fingerprint density at radius 3 is 2.04 bits per heavy atom. The molecule has 1 heterocycles. The number of nitrogens with zero attached hydrogens (tertiary/aromatic N) is 2. The maximum absolute atomic E-state index is 4.94. The summed E-state index contributed by atoms with van der Waals surface area (Å²) in [6.45, 7) is 0. The minimum absolute atomic E-state index is 0.807. The number of benzene rings is 2. The van der Waals surface area contributed by atoms with Crippen LogP contribution in [0.5, 0.6) is 0 Å². The first-order valence-corrected chi connectivity index (χ1v) is 9.20. The first kappa shape index (κ1) is 16.6. The van der Waals surface area contributed by atoms with Crippen LogP contribution in [0.25, 0.3) is 0 Å². The van der Waals surface area contributed by atoms with Crippen LogP contribution >= 0.6 is 15.9 Å². The molecule has 3 heteroatoms. The summed E-state index contributed by atoms with van der Waals surface area (Å²) in [5.74, 6) is 0.807. The number of aromatic nitrogens is 1. The zero-order valence-electron chi connectivity index (χ0n) is 13.4. The molecule has 0 amide bonds. The monoisotopic (exact) mass is 378 g/mol. The lowest BCUT2D eigenvalue weighted by atomic mass is 10.0. The molecule has 0 bridgehead atoms. The molecule has 0 N–H and O–H groups in total. The third-order valence-electron chi connectivity index (χ3n) is 3.76. The minimum atomic E-state index is 0.807. The normalized spacial score (nSPS) is 10.4. The van der Waals surface area contributed by atoms with E-state index in [1.54, 1.807) is 0 Å². The number of rotatable bonds is 6. The van der Waals surface area contributed by atoms with E-state index in [0.717, 1.165) is 40.8 Å². The lowest BCUT2D eigenvalue weighted by molar-refractivity contribution is 0.929. The van der Waals surface area contributed by atoms with Crippen molar-refractivity contribution in [3.63, 3.8) is 0 Å². The van der Waals surface area contributed by atoms with Gasteiger partial charge in [0.05, 0.1) is 5.71 Å². The Bertz CT molecular complexity index is 757. The SMILES string of the molecule is BrCCCc1cccnc1N=C(c1ccccc1)c1ccccc1. The summed E-state index contributed by atoms with van der Waals surface area (Å²) in [6, 6.07) is 24.7. The molecule has 2 aromatic carbocycles. The number of hydrogen-bond acceptors (Lipinski definition) is 2. The molecule has 1 aromatic heterocycles. The van der Waals surface area contributed by atoms with Crippen LogP contribution in [0.15, 0.2) is 84.0 Å². The first-order valence-electron chi connectivity index (χ1n) is 8.08. The highest BCUT2D eigenvalue weighted by molar-refractivity contribution is 9.09. The van der Waals surface area contributed by atoms with Gasteiger partial charge in [0.15, 0.2) is 5.82 Å². The van der Waals surface area contributed by atoms with Gasteiger partial charge in [0.1, 0.15) is 0 Å². The molecular formula is C21H19BrN2. The quantitative estimate of drug-likeness (QED) is 0.406. The molecule has 0 radical (unpaired) electrons. The molecule has 3 rings (SSSR count). The number of aliphatic imine (C=N–C) groups is 1. The number of hydrogen-bond donors (Lipinski definition) is 0. The van der Waals surface area contributed by atoms with Crippen LogP contribution < -0.4 is 0 Å². The van der Waals surface area contributed by atoms with Crippen LogP contribution in [0.4, 0.5) is 5.82 Å². The smallest absolute Gasteiger partial charge is 0.155 e. The van der Waals surface area contributed by atoms with Crippen molar-refractivity contribution < 1.29 is 0 Å². The van der Waals surface area contributed by atoms with E-state index in [0.29, 0.717) is 0 Å². The van der Waals surface area contributed by atoms with Gasteiger partial charge in [-0.05, 0) is 24.5 Å². The molecule has 0 aliphatic rings. The molecule has 0 fully saturated rings. The fourth-order valence-electron chi connectivity index (χ4n) is 2.58. The summed E-state index contributed by atoms with van der Waals surface area (Å²) in [7, 11) is 0. The van der Waals surface area contributed by atoms with E-state index in [2.05, 4.69) is 51.2 Å². The highest BCUT2D eigenvalue weighted by atomic mass is 79.9. The maximum Gasteiger partial charge on any atom is 0.155 e. The molecule has 0 aliphatic carbocycles. The van der Waals surface area contributed by atoms with Gasteiger partial charge in [-0.2, -0.15) is 0 Å². The van der Waals surface area contributed by atoms with E-state index in [9.17, 15) is 0 Å². The van der Waals surface area contributed by atoms with E-state index in [4.69, 9.17) is 4.99 Å². The molecule has 120 valence electrons. The molecule has 0 saturated heterocycles. The Morgan fingerprint density at radius 2 is 1.46 bits per heavy atom. The van der Waals surface area contributed by atoms with Crippen molar-refractivity contribution in [2.75, 3.05) is 5.33 Å². The maximum atomic E-state index is 4.94. The Kier molecular flexibility index (Phi) is 5.91. The molecule has 0 spiro atoms. The van der Waals surface area contributed by atoms with Crippen LogP contribution in [-0.2, 0) is 6.42 Å². The number of pyridine rings is 1. The van der Waals surface area contributed by atoms with Gasteiger partial charge in [0.2, 0.25) is 0 Å². The lowest BCUT2D eigenvalue weighted by Gasteiger charge is -2.09. The standard InChI is InChI=1S/C21H19BrN2/c22-15-7-13-19-14-8-16-23-21(19)24-20(17-9-3-1-4-10-17)18-11-5-2-6-12-18/h1-6,8-12,14,16H,7,13,15H2. The van der Waals surface area contributed by atoms with E-state index < -0.39 is 0 Å². The average Bonchev–Trinajstić information content (AvgIpc) is 2.66. The second-order valence-corrected chi connectivity index (χ2v) is 6.26.